The minimum Gasteiger partial charge on any atom is -0.316 e. The first-order valence-corrected chi connectivity index (χ1v) is 6.18. The molecule has 1 fully saturated rings. The molecule has 1 aliphatic heterocycles. The van der Waals surface area contributed by atoms with Crippen molar-refractivity contribution in [1.82, 2.24) is 10.3 Å². The maximum absolute atomic E-state index is 5.41. The van der Waals surface area contributed by atoms with Crippen LogP contribution in [0.4, 0.5) is 0 Å². The SMILES string of the molecule is C#Cc1cncc(C2=CC[C@@H]3CNC[C@@H]3C2)c1. The molecule has 86 valence electrons. The predicted molar refractivity (Wildman–Crippen MR) is 69.2 cm³/mol. The second kappa shape index (κ2) is 4.35. The number of pyridine rings is 1. The van der Waals surface area contributed by atoms with Crippen LogP contribution in [0.25, 0.3) is 5.57 Å². The summed E-state index contributed by atoms with van der Waals surface area (Å²) >= 11 is 0. The Morgan fingerprint density at radius 3 is 3.06 bits per heavy atom. The number of terminal acetylenes is 1. The highest BCUT2D eigenvalue weighted by atomic mass is 14.9. The van der Waals surface area contributed by atoms with Crippen LogP contribution >= 0.6 is 0 Å². The number of aromatic nitrogens is 1. The molecule has 0 radical (unpaired) electrons. The van der Waals surface area contributed by atoms with Crippen LogP contribution in [-0.2, 0) is 0 Å². The van der Waals surface area contributed by atoms with Crippen LogP contribution in [0.3, 0.4) is 0 Å². The number of fused-ring (bicyclic) bond motifs is 1. The number of nitrogens with one attached hydrogen (secondary N) is 1. The van der Waals surface area contributed by atoms with Crippen molar-refractivity contribution in [1.29, 1.82) is 0 Å². The van der Waals surface area contributed by atoms with E-state index in [-0.39, 0.29) is 0 Å². The number of nitrogens with zero attached hydrogens (tertiary/aromatic N) is 1. The van der Waals surface area contributed by atoms with Gasteiger partial charge in [0, 0.05) is 18.0 Å². The Labute approximate surface area is 102 Å². The second-order valence-corrected chi connectivity index (χ2v) is 4.95. The smallest absolute Gasteiger partial charge is 0.0432 e. The van der Waals surface area contributed by atoms with Crippen LogP contribution < -0.4 is 5.32 Å². The van der Waals surface area contributed by atoms with Gasteiger partial charge in [-0.05, 0) is 55.0 Å². The molecule has 0 aromatic carbocycles. The first-order valence-electron chi connectivity index (χ1n) is 6.18. The molecule has 1 aromatic heterocycles. The van der Waals surface area contributed by atoms with Gasteiger partial charge in [0.05, 0.1) is 0 Å². The lowest BCUT2D eigenvalue weighted by atomic mass is 9.80. The average Bonchev–Trinajstić information content (AvgIpc) is 2.86. The summed E-state index contributed by atoms with van der Waals surface area (Å²) < 4.78 is 0. The third kappa shape index (κ3) is 1.99. The number of allylic oxidation sites excluding steroid dienone is 2. The zero-order valence-electron chi connectivity index (χ0n) is 9.82. The van der Waals surface area contributed by atoms with E-state index in [1.165, 1.54) is 24.1 Å². The fraction of sp³-hybridized carbons (Fsp3) is 0.400. The largest absolute Gasteiger partial charge is 0.316 e. The zero-order valence-corrected chi connectivity index (χ0v) is 9.82. The minimum atomic E-state index is 0.796. The molecule has 1 aliphatic carbocycles. The molecule has 2 nitrogen and oxygen atoms in total. The van der Waals surface area contributed by atoms with Gasteiger partial charge < -0.3 is 5.32 Å². The molecule has 1 aromatic rings. The van der Waals surface area contributed by atoms with Crippen LogP contribution in [0.15, 0.2) is 24.5 Å². The molecule has 0 unspecified atom stereocenters. The van der Waals surface area contributed by atoms with E-state index in [1.54, 1.807) is 6.20 Å². The minimum absolute atomic E-state index is 0.796. The molecule has 2 aliphatic rings. The van der Waals surface area contributed by atoms with Crippen molar-refractivity contribution in [3.63, 3.8) is 0 Å². The van der Waals surface area contributed by atoms with E-state index >= 15 is 0 Å². The van der Waals surface area contributed by atoms with Crippen molar-refractivity contribution in [2.75, 3.05) is 13.1 Å². The molecule has 0 saturated carbocycles. The van der Waals surface area contributed by atoms with Gasteiger partial charge >= 0.3 is 0 Å². The van der Waals surface area contributed by atoms with Gasteiger partial charge in [0.1, 0.15) is 0 Å². The van der Waals surface area contributed by atoms with Crippen LogP contribution in [-0.4, -0.2) is 18.1 Å². The van der Waals surface area contributed by atoms with Crippen LogP contribution in [0.1, 0.15) is 24.0 Å². The second-order valence-electron chi connectivity index (χ2n) is 4.95. The van der Waals surface area contributed by atoms with Gasteiger partial charge in [-0.25, -0.2) is 0 Å². The third-order valence-electron chi connectivity index (χ3n) is 3.90. The summed E-state index contributed by atoms with van der Waals surface area (Å²) in [5, 5.41) is 3.48. The topological polar surface area (TPSA) is 24.9 Å². The van der Waals surface area contributed by atoms with E-state index in [9.17, 15) is 0 Å². The highest BCUT2D eigenvalue weighted by molar-refractivity contribution is 5.67. The highest BCUT2D eigenvalue weighted by Gasteiger charge is 2.30. The number of rotatable bonds is 1. The quantitative estimate of drug-likeness (QED) is 0.739. The Morgan fingerprint density at radius 2 is 2.18 bits per heavy atom. The summed E-state index contributed by atoms with van der Waals surface area (Å²) in [6, 6.07) is 2.07. The van der Waals surface area contributed by atoms with Gasteiger partial charge in [0.2, 0.25) is 0 Å². The molecule has 0 bridgehead atoms. The van der Waals surface area contributed by atoms with Crippen molar-refractivity contribution in [2.45, 2.75) is 12.8 Å². The lowest BCUT2D eigenvalue weighted by molar-refractivity contribution is 0.418. The Bertz CT molecular complexity index is 496. The van der Waals surface area contributed by atoms with Crippen LogP contribution in [0.2, 0.25) is 0 Å². The molecule has 0 spiro atoms. The average molecular weight is 224 g/mol. The van der Waals surface area contributed by atoms with Crippen molar-refractivity contribution < 1.29 is 0 Å². The Kier molecular flexibility index (Phi) is 2.70. The van der Waals surface area contributed by atoms with Gasteiger partial charge in [-0.1, -0.05) is 12.0 Å². The normalized spacial score (nSPS) is 27.1. The summed E-state index contributed by atoms with van der Waals surface area (Å²) in [6.07, 6.45) is 13.8. The van der Waals surface area contributed by atoms with E-state index in [4.69, 9.17) is 6.42 Å². The van der Waals surface area contributed by atoms with Crippen LogP contribution in [0, 0.1) is 24.2 Å². The summed E-state index contributed by atoms with van der Waals surface area (Å²) in [4.78, 5) is 4.22. The highest BCUT2D eigenvalue weighted by Crippen LogP contribution is 2.36. The summed E-state index contributed by atoms with van der Waals surface area (Å²) in [5.41, 5.74) is 3.49. The van der Waals surface area contributed by atoms with Gasteiger partial charge in [0.15, 0.2) is 0 Å². The lowest BCUT2D eigenvalue weighted by Gasteiger charge is -2.24. The van der Waals surface area contributed by atoms with Crippen molar-refractivity contribution in [2.24, 2.45) is 11.8 Å². The first kappa shape index (κ1) is 10.6. The molecule has 17 heavy (non-hydrogen) atoms. The molecule has 1 saturated heterocycles. The number of hydrogen-bond acceptors (Lipinski definition) is 2. The molecule has 3 rings (SSSR count). The Hall–Kier alpha value is -1.59. The van der Waals surface area contributed by atoms with Crippen molar-refractivity contribution in [3.05, 3.63) is 35.7 Å². The molecular formula is C15H16N2. The summed E-state index contributed by atoms with van der Waals surface area (Å²) in [6.45, 7) is 2.33. The first-order chi connectivity index (χ1) is 8.36. The third-order valence-corrected chi connectivity index (χ3v) is 3.90. The van der Waals surface area contributed by atoms with Gasteiger partial charge in [0.25, 0.3) is 0 Å². The Morgan fingerprint density at radius 1 is 1.29 bits per heavy atom. The zero-order chi connectivity index (χ0) is 11.7. The van der Waals surface area contributed by atoms with E-state index in [0.29, 0.717) is 0 Å². The summed E-state index contributed by atoms with van der Waals surface area (Å²) in [5.74, 6) is 4.28. The maximum atomic E-state index is 5.41. The maximum Gasteiger partial charge on any atom is 0.0432 e. The van der Waals surface area contributed by atoms with E-state index in [0.717, 1.165) is 30.4 Å². The fourth-order valence-electron chi connectivity index (χ4n) is 2.89. The van der Waals surface area contributed by atoms with Gasteiger partial charge in [-0.15, -0.1) is 6.42 Å². The summed E-state index contributed by atoms with van der Waals surface area (Å²) in [7, 11) is 0. The molecule has 2 heterocycles. The fourth-order valence-corrected chi connectivity index (χ4v) is 2.89. The molecular weight excluding hydrogens is 208 g/mol. The lowest BCUT2D eigenvalue weighted by Crippen LogP contribution is -2.16. The van der Waals surface area contributed by atoms with Gasteiger partial charge in [-0.2, -0.15) is 0 Å². The monoisotopic (exact) mass is 224 g/mol. The molecule has 1 N–H and O–H groups in total. The van der Waals surface area contributed by atoms with Crippen molar-refractivity contribution >= 4 is 5.57 Å². The molecule has 0 amide bonds. The van der Waals surface area contributed by atoms with E-state index < -0.39 is 0 Å². The van der Waals surface area contributed by atoms with Crippen LogP contribution in [0.5, 0.6) is 0 Å². The molecule has 2 heteroatoms. The molecule has 2 atom stereocenters. The standard InChI is InChI=1S/C15H16N2/c1-2-11-5-14(9-16-7-11)12-3-4-13-8-17-10-15(13)6-12/h1,3,5,7,9,13,15,17H,4,6,8,10H2/t13-,15+/m1/s1. The Balaban J connectivity index is 1.87. The van der Waals surface area contributed by atoms with E-state index in [1.807, 2.05) is 6.20 Å². The van der Waals surface area contributed by atoms with Crippen molar-refractivity contribution in [3.8, 4) is 12.3 Å². The van der Waals surface area contributed by atoms with Gasteiger partial charge in [-0.3, -0.25) is 4.98 Å². The predicted octanol–water partition coefficient (Wildman–Crippen LogP) is 2.08. The number of hydrogen-bond donors (Lipinski definition) is 1. The van der Waals surface area contributed by atoms with E-state index in [2.05, 4.69) is 28.4 Å².